The Bertz CT molecular complexity index is 559. The zero-order valence-electron chi connectivity index (χ0n) is 12.7. The average molecular weight is 319 g/mol. The molecule has 0 fully saturated rings. The fourth-order valence-electron chi connectivity index (χ4n) is 1.98. The summed E-state index contributed by atoms with van der Waals surface area (Å²) < 4.78 is 0. The minimum absolute atomic E-state index is 0.0351. The summed E-state index contributed by atoms with van der Waals surface area (Å²) in [5.74, 6) is 1.03. The molecule has 22 heavy (non-hydrogen) atoms. The minimum atomic E-state index is -0.159. The number of nitrogens with zero attached hydrogens (tertiary/aromatic N) is 2. The lowest BCUT2D eigenvalue weighted by Crippen LogP contribution is -2.41. The Balaban J connectivity index is 1.73. The predicted molar refractivity (Wildman–Crippen MR) is 89.0 cm³/mol. The zero-order chi connectivity index (χ0) is 15.8. The van der Waals surface area contributed by atoms with Gasteiger partial charge in [-0.2, -0.15) is 0 Å². The summed E-state index contributed by atoms with van der Waals surface area (Å²) in [5, 5.41) is 11.0. The zero-order valence-corrected chi connectivity index (χ0v) is 13.6. The average Bonchev–Trinajstić information content (AvgIpc) is 3.04. The highest BCUT2D eigenvalue weighted by Gasteiger charge is 2.18. The molecule has 2 heterocycles. The SMILES string of the molecule is CC(C)[C@H](NC(=O)NCCNc1cnccn1)c1cccs1. The van der Waals surface area contributed by atoms with Gasteiger partial charge in [-0.15, -0.1) is 11.3 Å². The number of urea groups is 1. The van der Waals surface area contributed by atoms with Gasteiger partial charge in [0.1, 0.15) is 5.82 Å². The first kappa shape index (κ1) is 16.2. The quantitative estimate of drug-likeness (QED) is 0.686. The predicted octanol–water partition coefficient (Wildman–Crippen LogP) is 2.65. The highest BCUT2D eigenvalue weighted by Crippen LogP contribution is 2.25. The third-order valence-electron chi connectivity index (χ3n) is 3.08. The number of anilines is 1. The van der Waals surface area contributed by atoms with Crippen LogP contribution in [0.1, 0.15) is 24.8 Å². The maximum atomic E-state index is 12.0. The van der Waals surface area contributed by atoms with Gasteiger partial charge in [0.15, 0.2) is 0 Å². The molecule has 7 heteroatoms. The molecule has 2 aromatic heterocycles. The standard InChI is InChI=1S/C15H21N5OS/c1-11(2)14(12-4-3-9-22-12)20-15(21)19-8-7-18-13-10-16-5-6-17-13/h3-6,9-11,14H,7-8H2,1-2H3,(H,17,18)(H2,19,20,21)/t14-/m0/s1. The van der Waals surface area contributed by atoms with Crippen LogP contribution in [0.25, 0.3) is 0 Å². The van der Waals surface area contributed by atoms with Crippen LogP contribution in [-0.2, 0) is 0 Å². The van der Waals surface area contributed by atoms with Gasteiger partial charge >= 0.3 is 6.03 Å². The van der Waals surface area contributed by atoms with Crippen molar-refractivity contribution in [2.45, 2.75) is 19.9 Å². The molecular formula is C15H21N5OS. The van der Waals surface area contributed by atoms with E-state index in [2.05, 4.69) is 39.8 Å². The van der Waals surface area contributed by atoms with Crippen molar-refractivity contribution in [2.24, 2.45) is 5.92 Å². The molecule has 1 atom stereocenters. The van der Waals surface area contributed by atoms with Crippen molar-refractivity contribution in [3.05, 3.63) is 41.0 Å². The monoisotopic (exact) mass is 319 g/mol. The number of hydrogen-bond acceptors (Lipinski definition) is 5. The normalized spacial score (nSPS) is 12.0. The van der Waals surface area contributed by atoms with Crippen LogP contribution < -0.4 is 16.0 Å². The summed E-state index contributed by atoms with van der Waals surface area (Å²) in [4.78, 5) is 21.2. The van der Waals surface area contributed by atoms with E-state index in [9.17, 15) is 4.79 Å². The van der Waals surface area contributed by atoms with Crippen molar-refractivity contribution in [2.75, 3.05) is 18.4 Å². The van der Waals surface area contributed by atoms with E-state index in [4.69, 9.17) is 0 Å². The molecule has 0 aliphatic rings. The van der Waals surface area contributed by atoms with Crippen LogP contribution in [0.4, 0.5) is 10.6 Å². The topological polar surface area (TPSA) is 78.9 Å². The van der Waals surface area contributed by atoms with E-state index in [1.807, 2.05) is 17.5 Å². The molecule has 2 aromatic rings. The maximum absolute atomic E-state index is 12.0. The first-order chi connectivity index (χ1) is 10.7. The number of aromatic nitrogens is 2. The van der Waals surface area contributed by atoms with E-state index in [-0.39, 0.29) is 12.1 Å². The molecule has 0 aromatic carbocycles. The Morgan fingerprint density at radius 1 is 1.32 bits per heavy atom. The van der Waals surface area contributed by atoms with Crippen molar-refractivity contribution in [3.8, 4) is 0 Å². The molecule has 0 aliphatic heterocycles. The number of hydrogen-bond donors (Lipinski definition) is 3. The van der Waals surface area contributed by atoms with Crippen molar-refractivity contribution < 1.29 is 4.79 Å². The van der Waals surface area contributed by atoms with Crippen LogP contribution in [0.5, 0.6) is 0 Å². The molecule has 0 aliphatic carbocycles. The number of carbonyl (C=O) groups is 1. The van der Waals surface area contributed by atoms with Gasteiger partial charge in [0.25, 0.3) is 0 Å². The molecule has 6 nitrogen and oxygen atoms in total. The van der Waals surface area contributed by atoms with Crippen molar-refractivity contribution in [1.82, 2.24) is 20.6 Å². The molecular weight excluding hydrogens is 298 g/mol. The highest BCUT2D eigenvalue weighted by atomic mass is 32.1. The Morgan fingerprint density at radius 3 is 2.82 bits per heavy atom. The summed E-state index contributed by atoms with van der Waals surface area (Å²) in [5.41, 5.74) is 0. The molecule has 0 saturated carbocycles. The fraction of sp³-hybridized carbons (Fsp3) is 0.400. The van der Waals surface area contributed by atoms with Crippen molar-refractivity contribution in [3.63, 3.8) is 0 Å². The summed E-state index contributed by atoms with van der Waals surface area (Å²) in [6.45, 7) is 5.30. The lowest BCUT2D eigenvalue weighted by atomic mass is 10.0. The smallest absolute Gasteiger partial charge is 0.315 e. The van der Waals surface area contributed by atoms with Crippen LogP contribution in [0, 0.1) is 5.92 Å². The van der Waals surface area contributed by atoms with Crippen molar-refractivity contribution in [1.29, 1.82) is 0 Å². The number of rotatable bonds is 7. The Hall–Kier alpha value is -2.15. The van der Waals surface area contributed by atoms with Gasteiger partial charge in [-0.3, -0.25) is 4.98 Å². The third-order valence-corrected chi connectivity index (χ3v) is 4.04. The van der Waals surface area contributed by atoms with Gasteiger partial charge in [0.05, 0.1) is 12.2 Å². The van der Waals surface area contributed by atoms with E-state index in [0.29, 0.717) is 24.8 Å². The van der Waals surface area contributed by atoms with Gasteiger partial charge in [-0.25, -0.2) is 9.78 Å². The van der Waals surface area contributed by atoms with E-state index >= 15 is 0 Å². The number of nitrogens with one attached hydrogen (secondary N) is 3. The van der Waals surface area contributed by atoms with Crippen LogP contribution in [0.3, 0.4) is 0 Å². The van der Waals surface area contributed by atoms with E-state index in [1.165, 1.54) is 4.88 Å². The van der Waals surface area contributed by atoms with Gasteiger partial charge in [-0.1, -0.05) is 19.9 Å². The first-order valence-electron chi connectivity index (χ1n) is 7.24. The molecule has 118 valence electrons. The largest absolute Gasteiger partial charge is 0.367 e. The summed E-state index contributed by atoms with van der Waals surface area (Å²) >= 11 is 1.66. The Labute approximate surface area is 134 Å². The highest BCUT2D eigenvalue weighted by molar-refractivity contribution is 7.10. The van der Waals surface area contributed by atoms with Crippen LogP contribution in [0.15, 0.2) is 36.1 Å². The summed E-state index contributed by atoms with van der Waals surface area (Å²) in [6.07, 6.45) is 4.88. The van der Waals surface area contributed by atoms with Crippen LogP contribution in [-0.4, -0.2) is 29.1 Å². The van der Waals surface area contributed by atoms with E-state index < -0.39 is 0 Å². The second-order valence-electron chi connectivity index (χ2n) is 5.15. The molecule has 0 spiro atoms. The number of amides is 2. The lowest BCUT2D eigenvalue weighted by molar-refractivity contribution is 0.234. The van der Waals surface area contributed by atoms with Crippen LogP contribution >= 0.6 is 11.3 Å². The molecule has 3 N–H and O–H groups in total. The van der Waals surface area contributed by atoms with E-state index in [1.54, 1.807) is 29.9 Å². The minimum Gasteiger partial charge on any atom is -0.367 e. The Morgan fingerprint density at radius 2 is 2.18 bits per heavy atom. The van der Waals surface area contributed by atoms with Gasteiger partial charge < -0.3 is 16.0 Å². The van der Waals surface area contributed by atoms with Gasteiger partial charge in [-0.05, 0) is 17.4 Å². The second kappa shape index (κ2) is 8.33. The summed E-state index contributed by atoms with van der Waals surface area (Å²) in [6, 6.07) is 3.92. The molecule has 0 bridgehead atoms. The molecule has 0 saturated heterocycles. The molecule has 2 rings (SSSR count). The van der Waals surface area contributed by atoms with Crippen molar-refractivity contribution >= 4 is 23.2 Å². The number of thiophene rings is 1. The van der Waals surface area contributed by atoms with Gasteiger partial charge in [0, 0.05) is 30.4 Å². The Kier molecular flexibility index (Phi) is 6.14. The first-order valence-corrected chi connectivity index (χ1v) is 8.12. The maximum Gasteiger partial charge on any atom is 0.315 e. The van der Waals surface area contributed by atoms with Gasteiger partial charge in [0.2, 0.25) is 0 Å². The number of carbonyl (C=O) groups excluding carboxylic acids is 1. The second-order valence-corrected chi connectivity index (χ2v) is 6.13. The molecule has 0 unspecified atom stereocenters. The summed E-state index contributed by atoms with van der Waals surface area (Å²) in [7, 11) is 0. The van der Waals surface area contributed by atoms with E-state index in [0.717, 1.165) is 0 Å². The molecule has 2 amide bonds. The third kappa shape index (κ3) is 5.00. The lowest BCUT2D eigenvalue weighted by Gasteiger charge is -2.21. The van der Waals surface area contributed by atoms with Crippen LogP contribution in [0.2, 0.25) is 0 Å². The molecule has 0 radical (unpaired) electrons. The fourth-order valence-corrected chi connectivity index (χ4v) is 2.93.